The lowest BCUT2D eigenvalue weighted by atomic mass is 10.1. The standard InChI is InChI=1S/C29H40IN5O6/c1-20(22-13-15-23(30)16-14-22)33-26(36)24(34-28(39)35-25(27(37)38)12-5-7-17-31)11-6-8-18-32-29(40)41-19-21-9-3-2-4-10-21/h2-4,9-10,13-16,20,24-25H,5-8,11-12,17-19,31H2,1H3,(H,32,40)(H,33,36)(H,37,38)(H2,34,35,39)/t20-,24+,25-/m0/s1. The second kappa shape index (κ2) is 18.9. The highest BCUT2D eigenvalue weighted by Crippen LogP contribution is 2.15. The molecule has 0 saturated carbocycles. The largest absolute Gasteiger partial charge is 0.480 e. The molecule has 0 radical (unpaired) electrons. The number of alkyl carbamates (subject to hydrolysis) is 1. The molecule has 0 spiro atoms. The molecule has 0 bridgehead atoms. The fourth-order valence-corrected chi connectivity index (χ4v) is 4.32. The molecule has 0 unspecified atom stereocenters. The van der Waals surface area contributed by atoms with E-state index in [0.29, 0.717) is 38.8 Å². The molecule has 0 heterocycles. The number of nitrogens with two attached hydrogens (primary N) is 1. The minimum atomic E-state index is -1.16. The first-order chi connectivity index (χ1) is 19.7. The number of carbonyl (C=O) groups is 4. The highest BCUT2D eigenvalue weighted by atomic mass is 127. The normalized spacial score (nSPS) is 12.9. The van der Waals surface area contributed by atoms with E-state index < -0.39 is 36.1 Å². The van der Waals surface area contributed by atoms with Crippen molar-refractivity contribution in [1.29, 1.82) is 0 Å². The average molecular weight is 682 g/mol. The van der Waals surface area contributed by atoms with Crippen LogP contribution in [0.5, 0.6) is 0 Å². The van der Waals surface area contributed by atoms with Crippen molar-refractivity contribution >= 4 is 46.6 Å². The first-order valence-electron chi connectivity index (χ1n) is 13.7. The van der Waals surface area contributed by atoms with Crippen LogP contribution < -0.4 is 27.0 Å². The Morgan fingerprint density at radius 3 is 2.17 bits per heavy atom. The third-order valence-corrected chi connectivity index (χ3v) is 7.02. The lowest BCUT2D eigenvalue weighted by Gasteiger charge is -2.23. The Bertz CT molecular complexity index is 1100. The number of benzene rings is 2. The van der Waals surface area contributed by atoms with Gasteiger partial charge in [0.05, 0.1) is 6.04 Å². The zero-order chi connectivity index (χ0) is 30.0. The summed E-state index contributed by atoms with van der Waals surface area (Å²) in [5.41, 5.74) is 7.27. The number of carboxylic acids is 1. The highest BCUT2D eigenvalue weighted by molar-refractivity contribution is 14.1. The summed E-state index contributed by atoms with van der Waals surface area (Å²) >= 11 is 2.20. The van der Waals surface area contributed by atoms with E-state index in [9.17, 15) is 24.3 Å². The van der Waals surface area contributed by atoms with E-state index in [0.717, 1.165) is 14.7 Å². The number of carbonyl (C=O) groups excluding carboxylic acids is 3. The number of aliphatic carboxylic acids is 1. The molecule has 2 rings (SSSR count). The van der Waals surface area contributed by atoms with E-state index in [2.05, 4.69) is 43.9 Å². The second-order valence-corrected chi connectivity index (χ2v) is 10.9. The van der Waals surface area contributed by atoms with Gasteiger partial charge >= 0.3 is 18.1 Å². The molecule has 4 amide bonds. The second-order valence-electron chi connectivity index (χ2n) is 9.61. The van der Waals surface area contributed by atoms with Gasteiger partial charge in [-0.25, -0.2) is 14.4 Å². The Balaban J connectivity index is 1.91. The number of nitrogens with one attached hydrogen (secondary N) is 4. The first kappa shape index (κ1) is 33.8. The van der Waals surface area contributed by atoms with E-state index in [-0.39, 0.29) is 25.5 Å². The number of unbranched alkanes of at least 4 members (excludes halogenated alkanes) is 2. The third-order valence-electron chi connectivity index (χ3n) is 6.30. The lowest BCUT2D eigenvalue weighted by molar-refractivity contribution is -0.139. The molecule has 0 aliphatic heterocycles. The van der Waals surface area contributed by atoms with Crippen LogP contribution >= 0.6 is 22.6 Å². The van der Waals surface area contributed by atoms with Crippen molar-refractivity contribution in [3.8, 4) is 0 Å². The van der Waals surface area contributed by atoms with Gasteiger partial charge in [-0.05, 0) is 97.8 Å². The third kappa shape index (κ3) is 13.7. The van der Waals surface area contributed by atoms with Gasteiger partial charge in [0.25, 0.3) is 0 Å². The molecule has 0 aliphatic rings. The fourth-order valence-electron chi connectivity index (χ4n) is 3.96. The number of hydrogen-bond donors (Lipinski definition) is 6. The summed E-state index contributed by atoms with van der Waals surface area (Å²) in [6.07, 6.45) is 2.21. The molecule has 12 heteroatoms. The number of hydrogen-bond acceptors (Lipinski definition) is 6. The van der Waals surface area contributed by atoms with E-state index in [1.54, 1.807) is 0 Å². The van der Waals surface area contributed by atoms with Crippen molar-refractivity contribution in [3.05, 3.63) is 69.3 Å². The van der Waals surface area contributed by atoms with Gasteiger partial charge in [-0.1, -0.05) is 42.5 Å². The van der Waals surface area contributed by atoms with Crippen LogP contribution in [0, 0.1) is 3.57 Å². The molecule has 0 fully saturated rings. The molecule has 224 valence electrons. The van der Waals surface area contributed by atoms with Gasteiger partial charge in [0.2, 0.25) is 5.91 Å². The SMILES string of the molecule is C[C@H](NC(=O)[C@@H](CCCCNC(=O)OCc1ccccc1)NC(=O)N[C@@H](CCCCN)C(=O)O)c1ccc(I)cc1. The Morgan fingerprint density at radius 2 is 1.51 bits per heavy atom. The molecule has 2 aromatic rings. The van der Waals surface area contributed by atoms with Crippen molar-refractivity contribution in [1.82, 2.24) is 21.3 Å². The summed E-state index contributed by atoms with van der Waals surface area (Å²) in [5.74, 6) is -1.55. The Hall–Kier alpha value is -3.39. The Morgan fingerprint density at radius 1 is 0.878 bits per heavy atom. The van der Waals surface area contributed by atoms with Crippen molar-refractivity contribution in [2.75, 3.05) is 13.1 Å². The van der Waals surface area contributed by atoms with E-state index in [1.807, 2.05) is 61.5 Å². The number of ether oxygens (including phenoxy) is 1. The van der Waals surface area contributed by atoms with Crippen LogP contribution in [0.4, 0.5) is 9.59 Å². The summed E-state index contributed by atoms with van der Waals surface area (Å²) in [7, 11) is 0. The molecule has 2 aromatic carbocycles. The maximum Gasteiger partial charge on any atom is 0.407 e. The van der Waals surface area contributed by atoms with Crippen molar-refractivity contribution in [2.45, 2.75) is 70.2 Å². The number of urea groups is 1. The van der Waals surface area contributed by atoms with Crippen molar-refractivity contribution in [2.24, 2.45) is 5.73 Å². The predicted molar refractivity (Wildman–Crippen MR) is 164 cm³/mol. The van der Waals surface area contributed by atoms with Gasteiger partial charge < -0.3 is 36.8 Å². The van der Waals surface area contributed by atoms with Gasteiger partial charge in [0.1, 0.15) is 18.7 Å². The molecule has 3 atom stereocenters. The molecule has 7 N–H and O–H groups in total. The average Bonchev–Trinajstić information content (AvgIpc) is 2.95. The molecule has 11 nitrogen and oxygen atoms in total. The molecule has 41 heavy (non-hydrogen) atoms. The molecule has 0 aromatic heterocycles. The van der Waals surface area contributed by atoms with Crippen LogP contribution in [-0.2, 0) is 20.9 Å². The minimum Gasteiger partial charge on any atom is -0.480 e. The van der Waals surface area contributed by atoms with Gasteiger partial charge in [0, 0.05) is 10.1 Å². The Kier molecular flexibility index (Phi) is 15.6. The molecular formula is C29H40IN5O6. The smallest absolute Gasteiger partial charge is 0.407 e. The maximum absolute atomic E-state index is 13.2. The van der Waals surface area contributed by atoms with E-state index in [1.165, 1.54) is 0 Å². The zero-order valence-electron chi connectivity index (χ0n) is 23.2. The van der Waals surface area contributed by atoms with E-state index in [4.69, 9.17) is 10.5 Å². The number of rotatable bonds is 17. The minimum absolute atomic E-state index is 0.163. The van der Waals surface area contributed by atoms with Gasteiger partial charge in [0.15, 0.2) is 0 Å². The van der Waals surface area contributed by atoms with Gasteiger partial charge in [-0.2, -0.15) is 0 Å². The van der Waals surface area contributed by atoms with Crippen LogP contribution in [-0.4, -0.2) is 54.3 Å². The van der Waals surface area contributed by atoms with Crippen LogP contribution in [0.15, 0.2) is 54.6 Å². The summed E-state index contributed by atoms with van der Waals surface area (Å²) in [6, 6.07) is 14.0. The van der Waals surface area contributed by atoms with Crippen LogP contribution in [0.1, 0.15) is 62.6 Å². The Labute approximate surface area is 254 Å². The zero-order valence-corrected chi connectivity index (χ0v) is 25.4. The summed E-state index contributed by atoms with van der Waals surface area (Å²) in [4.78, 5) is 49.5. The molecule has 0 saturated heterocycles. The monoisotopic (exact) mass is 681 g/mol. The summed E-state index contributed by atoms with van der Waals surface area (Å²) in [6.45, 7) is 2.77. The molecular weight excluding hydrogens is 641 g/mol. The first-order valence-corrected chi connectivity index (χ1v) is 14.8. The van der Waals surface area contributed by atoms with Crippen LogP contribution in [0.25, 0.3) is 0 Å². The topological polar surface area (TPSA) is 172 Å². The lowest BCUT2D eigenvalue weighted by Crippen LogP contribution is -2.53. The van der Waals surface area contributed by atoms with Crippen molar-refractivity contribution in [3.63, 3.8) is 0 Å². The molecule has 0 aliphatic carbocycles. The van der Waals surface area contributed by atoms with Crippen LogP contribution in [0.2, 0.25) is 0 Å². The van der Waals surface area contributed by atoms with Crippen molar-refractivity contribution < 1.29 is 29.0 Å². The summed E-state index contributed by atoms with van der Waals surface area (Å²) < 4.78 is 6.26. The van der Waals surface area contributed by atoms with E-state index >= 15 is 0 Å². The quantitative estimate of drug-likeness (QED) is 0.109. The highest BCUT2D eigenvalue weighted by Gasteiger charge is 2.25. The van der Waals surface area contributed by atoms with Crippen LogP contribution in [0.3, 0.4) is 0 Å². The maximum atomic E-state index is 13.2. The van der Waals surface area contributed by atoms with Gasteiger partial charge in [-0.3, -0.25) is 4.79 Å². The number of carboxylic acid groups (broad SMARTS) is 1. The predicted octanol–water partition coefficient (Wildman–Crippen LogP) is 3.82. The van der Waals surface area contributed by atoms with Gasteiger partial charge in [-0.15, -0.1) is 0 Å². The number of halogens is 1. The number of amides is 4. The fraction of sp³-hybridized carbons (Fsp3) is 0.448. The summed E-state index contributed by atoms with van der Waals surface area (Å²) in [5, 5.41) is 20.2.